The van der Waals surface area contributed by atoms with Crippen LogP contribution in [0.5, 0.6) is 0 Å². The first-order valence-electron chi connectivity index (χ1n) is 6.67. The van der Waals surface area contributed by atoms with Gasteiger partial charge in [0.25, 0.3) is 0 Å². The zero-order valence-corrected chi connectivity index (χ0v) is 12.9. The minimum atomic E-state index is -0.115. The minimum absolute atomic E-state index is 0.115. The van der Waals surface area contributed by atoms with E-state index in [-0.39, 0.29) is 11.1 Å². The number of hydrogen-bond acceptors (Lipinski definition) is 5. The molecule has 1 aromatic rings. The molecule has 1 fully saturated rings. The van der Waals surface area contributed by atoms with Gasteiger partial charge in [-0.2, -0.15) is 12.6 Å². The monoisotopic (exact) mass is 303 g/mol. The van der Waals surface area contributed by atoms with Gasteiger partial charge in [-0.25, -0.2) is 9.89 Å². The van der Waals surface area contributed by atoms with Crippen molar-refractivity contribution >= 4 is 24.4 Å². The van der Waals surface area contributed by atoms with E-state index in [4.69, 9.17) is 4.74 Å². The number of thioether (sulfide) groups is 1. The highest BCUT2D eigenvalue weighted by Crippen LogP contribution is 2.36. The molecule has 5 nitrogen and oxygen atoms in total. The number of thiol groups is 1. The lowest BCUT2D eigenvalue weighted by Crippen LogP contribution is -2.33. The summed E-state index contributed by atoms with van der Waals surface area (Å²) in [6.45, 7) is 4.39. The molecule has 7 heteroatoms. The average molecular weight is 303 g/mol. The number of rotatable bonds is 6. The van der Waals surface area contributed by atoms with E-state index in [1.54, 1.807) is 16.3 Å². The van der Waals surface area contributed by atoms with Crippen molar-refractivity contribution in [2.45, 2.75) is 37.9 Å². The topological polar surface area (TPSA) is 59.9 Å². The van der Waals surface area contributed by atoms with Gasteiger partial charge in [0.2, 0.25) is 0 Å². The number of aromatic nitrogens is 3. The Labute approximate surface area is 122 Å². The molecule has 0 radical (unpaired) electrons. The van der Waals surface area contributed by atoms with Gasteiger partial charge in [-0.15, -0.1) is 5.10 Å². The third kappa shape index (κ3) is 3.58. The van der Waals surface area contributed by atoms with Crippen molar-refractivity contribution in [3.05, 3.63) is 10.5 Å². The van der Waals surface area contributed by atoms with Crippen LogP contribution in [0.15, 0.2) is 9.95 Å². The molecular weight excluding hydrogens is 282 g/mol. The summed E-state index contributed by atoms with van der Waals surface area (Å²) in [5.74, 6) is 1.79. The fourth-order valence-corrected chi connectivity index (χ4v) is 4.05. The second-order valence-electron chi connectivity index (χ2n) is 5.02. The Morgan fingerprint density at radius 2 is 2.26 bits per heavy atom. The van der Waals surface area contributed by atoms with E-state index in [0.717, 1.165) is 49.1 Å². The number of nitrogens with zero attached hydrogens (tertiary/aromatic N) is 2. The van der Waals surface area contributed by atoms with Crippen molar-refractivity contribution in [3.8, 4) is 0 Å². The summed E-state index contributed by atoms with van der Waals surface area (Å²) in [5, 5.41) is 7.44. The molecule has 19 heavy (non-hydrogen) atoms. The highest BCUT2D eigenvalue weighted by molar-refractivity contribution is 7.99. The van der Waals surface area contributed by atoms with Crippen LogP contribution in [-0.2, 0) is 11.3 Å². The average Bonchev–Trinajstić information content (AvgIpc) is 2.79. The second kappa shape index (κ2) is 6.85. The van der Waals surface area contributed by atoms with Gasteiger partial charge >= 0.3 is 5.69 Å². The van der Waals surface area contributed by atoms with Gasteiger partial charge in [-0.3, -0.25) is 4.57 Å². The molecule has 1 aromatic heterocycles. The lowest BCUT2D eigenvalue weighted by atomic mass is 9.84. The van der Waals surface area contributed by atoms with Gasteiger partial charge in [0, 0.05) is 25.5 Å². The molecule has 0 saturated carbocycles. The van der Waals surface area contributed by atoms with Gasteiger partial charge in [-0.1, -0.05) is 18.7 Å². The van der Waals surface area contributed by atoms with E-state index in [0.29, 0.717) is 6.54 Å². The SMILES string of the molecule is CCCn1c(SCC2(CS)CCOCC2)n[nH]c1=O. The summed E-state index contributed by atoms with van der Waals surface area (Å²) in [5.41, 5.74) is 0.0918. The Morgan fingerprint density at radius 3 is 2.89 bits per heavy atom. The fraction of sp³-hybridized carbons (Fsp3) is 0.833. The van der Waals surface area contributed by atoms with E-state index < -0.39 is 0 Å². The molecular formula is C12H21N3O2S2. The first-order chi connectivity index (χ1) is 9.21. The molecule has 1 N–H and O–H groups in total. The van der Waals surface area contributed by atoms with Gasteiger partial charge < -0.3 is 4.74 Å². The zero-order valence-electron chi connectivity index (χ0n) is 11.2. The Balaban J connectivity index is 2.03. The molecule has 0 aromatic carbocycles. The highest BCUT2D eigenvalue weighted by atomic mass is 32.2. The summed E-state index contributed by atoms with van der Waals surface area (Å²) >= 11 is 6.16. The standard InChI is InChI=1S/C12H21N3O2S2/c1-2-5-15-10(16)13-14-11(15)19-9-12(8-18)3-6-17-7-4-12/h18H,2-9H2,1H3,(H,13,16). The highest BCUT2D eigenvalue weighted by Gasteiger charge is 2.32. The van der Waals surface area contributed by atoms with Gasteiger partial charge in [0.1, 0.15) is 0 Å². The Hall–Kier alpha value is -0.400. The maximum atomic E-state index is 11.6. The predicted molar refractivity (Wildman–Crippen MR) is 80.2 cm³/mol. The maximum absolute atomic E-state index is 11.6. The molecule has 2 rings (SSSR count). The summed E-state index contributed by atoms with van der Waals surface area (Å²) in [4.78, 5) is 11.6. The van der Waals surface area contributed by atoms with Crippen LogP contribution in [0, 0.1) is 5.41 Å². The molecule has 1 aliphatic rings. The fourth-order valence-electron chi connectivity index (χ4n) is 2.20. The van der Waals surface area contributed by atoms with E-state index >= 15 is 0 Å². The van der Waals surface area contributed by atoms with Crippen molar-refractivity contribution in [2.24, 2.45) is 5.41 Å². The predicted octanol–water partition coefficient (Wildman–Crippen LogP) is 1.80. The number of hydrogen-bond donors (Lipinski definition) is 2. The van der Waals surface area contributed by atoms with Gasteiger partial charge in [-0.05, 0) is 30.4 Å². The maximum Gasteiger partial charge on any atom is 0.343 e. The van der Waals surface area contributed by atoms with Crippen LogP contribution in [0.3, 0.4) is 0 Å². The Kier molecular flexibility index (Phi) is 5.41. The molecule has 1 aliphatic heterocycles. The van der Waals surface area contributed by atoms with Crippen LogP contribution in [0.1, 0.15) is 26.2 Å². The quantitative estimate of drug-likeness (QED) is 0.621. The largest absolute Gasteiger partial charge is 0.381 e. The molecule has 0 unspecified atom stereocenters. The van der Waals surface area contributed by atoms with Crippen LogP contribution in [0.25, 0.3) is 0 Å². The summed E-state index contributed by atoms with van der Waals surface area (Å²) in [6.07, 6.45) is 3.00. The number of ether oxygens (including phenoxy) is 1. The molecule has 0 spiro atoms. The van der Waals surface area contributed by atoms with Gasteiger partial charge in [0.05, 0.1) is 0 Å². The Bertz CT molecular complexity index is 452. The molecule has 0 atom stereocenters. The number of nitrogens with one attached hydrogen (secondary N) is 1. The van der Waals surface area contributed by atoms with Crippen molar-refractivity contribution in [2.75, 3.05) is 24.7 Å². The third-order valence-corrected chi connectivity index (χ3v) is 5.56. The van der Waals surface area contributed by atoms with Crippen LogP contribution < -0.4 is 5.69 Å². The van der Waals surface area contributed by atoms with Crippen LogP contribution in [-0.4, -0.2) is 39.5 Å². The van der Waals surface area contributed by atoms with Crippen molar-refractivity contribution < 1.29 is 4.74 Å². The van der Waals surface area contributed by atoms with Crippen LogP contribution in [0.4, 0.5) is 0 Å². The molecule has 1 saturated heterocycles. The normalized spacial score (nSPS) is 18.6. The minimum Gasteiger partial charge on any atom is -0.381 e. The van der Waals surface area contributed by atoms with Crippen molar-refractivity contribution in [1.82, 2.24) is 14.8 Å². The lowest BCUT2D eigenvalue weighted by molar-refractivity contribution is 0.0370. The Morgan fingerprint density at radius 1 is 1.53 bits per heavy atom. The van der Waals surface area contributed by atoms with Crippen molar-refractivity contribution in [3.63, 3.8) is 0 Å². The van der Waals surface area contributed by atoms with Gasteiger partial charge in [0.15, 0.2) is 5.16 Å². The number of aromatic amines is 1. The van der Waals surface area contributed by atoms with E-state index in [1.807, 2.05) is 0 Å². The van der Waals surface area contributed by atoms with E-state index in [9.17, 15) is 4.79 Å². The second-order valence-corrected chi connectivity index (χ2v) is 6.28. The third-order valence-electron chi connectivity index (χ3n) is 3.57. The molecule has 2 heterocycles. The smallest absolute Gasteiger partial charge is 0.343 e. The summed E-state index contributed by atoms with van der Waals surface area (Å²) in [7, 11) is 0. The summed E-state index contributed by atoms with van der Waals surface area (Å²) in [6, 6.07) is 0. The van der Waals surface area contributed by atoms with Crippen LogP contribution in [0.2, 0.25) is 0 Å². The number of H-pyrrole nitrogens is 1. The van der Waals surface area contributed by atoms with E-state index in [2.05, 4.69) is 29.7 Å². The first-order valence-corrected chi connectivity index (χ1v) is 8.29. The van der Waals surface area contributed by atoms with E-state index in [1.165, 1.54) is 0 Å². The molecule has 0 bridgehead atoms. The summed E-state index contributed by atoms with van der Waals surface area (Å²) < 4.78 is 7.14. The first kappa shape index (κ1) is 15.0. The van der Waals surface area contributed by atoms with Crippen molar-refractivity contribution in [1.29, 1.82) is 0 Å². The lowest BCUT2D eigenvalue weighted by Gasteiger charge is -2.35. The zero-order chi connectivity index (χ0) is 13.7. The molecule has 0 aliphatic carbocycles. The van der Waals surface area contributed by atoms with Crippen LogP contribution >= 0.6 is 24.4 Å². The molecule has 108 valence electrons. The molecule has 0 amide bonds.